The summed E-state index contributed by atoms with van der Waals surface area (Å²) in [5.41, 5.74) is 6.19. The largest absolute Gasteiger partial charge is 0.390 e. The fraction of sp³-hybridized carbons (Fsp3) is 0.273. The monoisotopic (exact) mass is 286 g/mol. The maximum absolute atomic E-state index is 10.7. The third-order valence-electron chi connectivity index (χ3n) is 2.50. The van der Waals surface area contributed by atoms with Crippen LogP contribution < -0.4 is 5.73 Å². The van der Waals surface area contributed by atoms with Crippen LogP contribution >= 0.6 is 22.9 Å². The molecule has 1 aromatic carbocycles. The third-order valence-corrected chi connectivity index (χ3v) is 3.63. The summed E-state index contributed by atoms with van der Waals surface area (Å²) in [5, 5.41) is 19.5. The number of carbonyl (C=O) groups excluding carboxylic acids is 1. The molecule has 2 aromatic rings. The number of aromatic nitrogens is 1. The first kappa shape index (κ1) is 13.2. The minimum atomic E-state index is -1.22. The van der Waals surface area contributed by atoms with E-state index in [1.807, 2.05) is 0 Å². The van der Waals surface area contributed by atoms with Gasteiger partial charge in [-0.15, -0.1) is 11.3 Å². The van der Waals surface area contributed by atoms with Gasteiger partial charge in [0.1, 0.15) is 6.10 Å². The number of hydrogen-bond donors (Lipinski definition) is 3. The van der Waals surface area contributed by atoms with E-state index >= 15 is 0 Å². The molecule has 0 saturated carbocycles. The van der Waals surface area contributed by atoms with Crippen molar-refractivity contribution in [3.05, 3.63) is 28.2 Å². The lowest BCUT2D eigenvalue weighted by atomic mass is 10.0. The first-order chi connectivity index (χ1) is 8.47. The summed E-state index contributed by atoms with van der Waals surface area (Å²) in [4.78, 5) is 14.8. The van der Waals surface area contributed by atoms with E-state index in [9.17, 15) is 15.0 Å². The number of aliphatic hydroxyl groups is 2. The van der Waals surface area contributed by atoms with Crippen molar-refractivity contribution in [1.82, 2.24) is 4.98 Å². The van der Waals surface area contributed by atoms with Gasteiger partial charge in [0.15, 0.2) is 4.47 Å². The first-order valence-corrected chi connectivity index (χ1v) is 6.37. The van der Waals surface area contributed by atoms with E-state index in [-0.39, 0.29) is 6.42 Å². The summed E-state index contributed by atoms with van der Waals surface area (Å²) in [5.74, 6) is -0.663. The second kappa shape index (κ2) is 5.19. The highest BCUT2D eigenvalue weighted by atomic mass is 35.5. The smallest absolute Gasteiger partial charge is 0.220 e. The van der Waals surface area contributed by atoms with Gasteiger partial charge in [0.05, 0.1) is 22.7 Å². The van der Waals surface area contributed by atoms with Crippen molar-refractivity contribution in [3.8, 4) is 0 Å². The van der Waals surface area contributed by atoms with Crippen LogP contribution in [0.15, 0.2) is 18.2 Å². The number of aliphatic hydroxyl groups excluding tert-OH is 2. The molecule has 0 bridgehead atoms. The van der Waals surface area contributed by atoms with Crippen molar-refractivity contribution in [2.24, 2.45) is 5.73 Å². The number of halogens is 1. The molecular formula is C11H11ClN2O3S. The van der Waals surface area contributed by atoms with E-state index in [1.165, 1.54) is 11.3 Å². The number of rotatable bonds is 4. The molecule has 18 heavy (non-hydrogen) atoms. The van der Waals surface area contributed by atoms with Gasteiger partial charge in [-0.05, 0) is 17.7 Å². The molecule has 0 fully saturated rings. The zero-order valence-electron chi connectivity index (χ0n) is 9.21. The van der Waals surface area contributed by atoms with Crippen LogP contribution in [0.3, 0.4) is 0 Å². The average Bonchev–Trinajstić information content (AvgIpc) is 2.65. The second-order valence-corrected chi connectivity index (χ2v) is 5.49. The Morgan fingerprint density at radius 1 is 1.50 bits per heavy atom. The minimum absolute atomic E-state index is 0.289. The predicted octanol–water partition coefficient (Wildman–Crippen LogP) is 1.22. The summed E-state index contributed by atoms with van der Waals surface area (Å²) >= 11 is 7.06. The molecule has 0 aliphatic heterocycles. The van der Waals surface area contributed by atoms with Gasteiger partial charge >= 0.3 is 0 Å². The predicted molar refractivity (Wildman–Crippen MR) is 69.4 cm³/mol. The highest BCUT2D eigenvalue weighted by Crippen LogP contribution is 2.29. The Morgan fingerprint density at radius 2 is 2.22 bits per heavy atom. The number of hydrogen-bond acceptors (Lipinski definition) is 5. The molecule has 2 unspecified atom stereocenters. The van der Waals surface area contributed by atoms with Crippen LogP contribution in [0.25, 0.3) is 10.2 Å². The van der Waals surface area contributed by atoms with Gasteiger partial charge in [0.2, 0.25) is 5.91 Å². The molecule has 2 rings (SSSR count). The Hall–Kier alpha value is -1.21. The van der Waals surface area contributed by atoms with Crippen LogP contribution in [0.4, 0.5) is 0 Å². The van der Waals surface area contributed by atoms with Crippen LogP contribution in [0.5, 0.6) is 0 Å². The summed E-state index contributed by atoms with van der Waals surface area (Å²) in [6.45, 7) is 0. The van der Waals surface area contributed by atoms with Gasteiger partial charge in [-0.25, -0.2) is 4.98 Å². The van der Waals surface area contributed by atoms with Crippen molar-refractivity contribution < 1.29 is 15.0 Å². The number of nitrogens with zero attached hydrogens (tertiary/aromatic N) is 1. The van der Waals surface area contributed by atoms with Gasteiger partial charge < -0.3 is 15.9 Å². The fourth-order valence-electron chi connectivity index (χ4n) is 1.64. The maximum atomic E-state index is 10.7. The average molecular weight is 287 g/mol. The molecule has 5 nitrogen and oxygen atoms in total. The number of benzene rings is 1. The topological polar surface area (TPSA) is 96.4 Å². The SMILES string of the molecule is NC(=O)CC(O)C(O)c1ccc2nc(Cl)sc2c1. The number of amides is 1. The molecule has 1 heterocycles. The lowest BCUT2D eigenvalue weighted by Crippen LogP contribution is -2.25. The quantitative estimate of drug-likeness (QED) is 0.787. The van der Waals surface area contributed by atoms with E-state index in [1.54, 1.807) is 18.2 Å². The zero-order valence-corrected chi connectivity index (χ0v) is 10.8. The molecule has 7 heteroatoms. The van der Waals surface area contributed by atoms with E-state index in [2.05, 4.69) is 4.98 Å². The molecule has 0 spiro atoms. The van der Waals surface area contributed by atoms with Gasteiger partial charge in [-0.1, -0.05) is 17.7 Å². The van der Waals surface area contributed by atoms with Crippen LogP contribution in [-0.4, -0.2) is 27.2 Å². The second-order valence-electron chi connectivity index (χ2n) is 3.88. The fourth-order valence-corrected chi connectivity index (χ4v) is 2.72. The Balaban J connectivity index is 2.26. The van der Waals surface area contributed by atoms with Crippen LogP contribution in [0.2, 0.25) is 4.47 Å². The molecule has 0 saturated heterocycles. The van der Waals surface area contributed by atoms with E-state index in [0.717, 1.165) is 10.2 Å². The molecule has 1 amide bonds. The van der Waals surface area contributed by atoms with Crippen molar-refractivity contribution in [1.29, 1.82) is 0 Å². The molecule has 96 valence electrons. The van der Waals surface area contributed by atoms with E-state index in [0.29, 0.717) is 10.0 Å². The van der Waals surface area contributed by atoms with Gasteiger partial charge in [-0.2, -0.15) is 0 Å². The van der Waals surface area contributed by atoms with Gasteiger partial charge in [-0.3, -0.25) is 4.79 Å². The number of fused-ring (bicyclic) bond motifs is 1. The van der Waals surface area contributed by atoms with Gasteiger partial charge in [0.25, 0.3) is 0 Å². The van der Waals surface area contributed by atoms with Crippen molar-refractivity contribution in [2.75, 3.05) is 0 Å². The summed E-state index contributed by atoms with van der Waals surface area (Å²) in [6, 6.07) is 5.02. The van der Waals surface area contributed by atoms with E-state index < -0.39 is 18.1 Å². The zero-order chi connectivity index (χ0) is 13.3. The Bertz CT molecular complexity index is 587. The first-order valence-electron chi connectivity index (χ1n) is 5.18. The molecule has 0 radical (unpaired) electrons. The Morgan fingerprint density at radius 3 is 2.89 bits per heavy atom. The highest BCUT2D eigenvalue weighted by molar-refractivity contribution is 7.22. The van der Waals surface area contributed by atoms with Crippen LogP contribution in [-0.2, 0) is 4.79 Å². The molecule has 4 N–H and O–H groups in total. The Kier molecular flexibility index (Phi) is 3.82. The molecular weight excluding hydrogens is 276 g/mol. The third kappa shape index (κ3) is 2.78. The highest BCUT2D eigenvalue weighted by Gasteiger charge is 2.20. The number of carbonyl (C=O) groups is 1. The van der Waals surface area contributed by atoms with Crippen molar-refractivity contribution >= 4 is 39.1 Å². The molecule has 1 aromatic heterocycles. The molecule has 0 aliphatic rings. The molecule has 2 atom stereocenters. The Labute approximate surface area is 112 Å². The summed E-state index contributed by atoms with van der Waals surface area (Å²) in [6.07, 6.45) is -2.67. The minimum Gasteiger partial charge on any atom is -0.390 e. The summed E-state index contributed by atoms with van der Waals surface area (Å²) in [7, 11) is 0. The standard InChI is InChI=1S/C11H11ClN2O3S/c12-11-14-6-2-1-5(3-8(6)18-11)10(17)7(15)4-9(13)16/h1-3,7,10,15,17H,4H2,(H2,13,16). The lowest BCUT2D eigenvalue weighted by molar-refractivity contribution is -0.121. The van der Waals surface area contributed by atoms with Crippen LogP contribution in [0, 0.1) is 0 Å². The summed E-state index contributed by atoms with van der Waals surface area (Å²) < 4.78 is 1.22. The number of primary amides is 1. The van der Waals surface area contributed by atoms with E-state index in [4.69, 9.17) is 17.3 Å². The normalized spacial score (nSPS) is 14.6. The number of nitrogens with two attached hydrogens (primary N) is 1. The lowest BCUT2D eigenvalue weighted by Gasteiger charge is -2.16. The maximum Gasteiger partial charge on any atom is 0.220 e. The molecule has 0 aliphatic carbocycles. The van der Waals surface area contributed by atoms with Crippen molar-refractivity contribution in [3.63, 3.8) is 0 Å². The number of thiazole rings is 1. The van der Waals surface area contributed by atoms with Crippen LogP contribution in [0.1, 0.15) is 18.1 Å². The van der Waals surface area contributed by atoms with Crippen molar-refractivity contribution in [2.45, 2.75) is 18.6 Å². The van der Waals surface area contributed by atoms with Gasteiger partial charge in [0, 0.05) is 0 Å².